The molecule has 2 saturated carbocycles. The van der Waals surface area contributed by atoms with Crippen molar-refractivity contribution in [1.29, 1.82) is 0 Å². The fourth-order valence-electron chi connectivity index (χ4n) is 8.86. The highest BCUT2D eigenvalue weighted by Gasteiger charge is 2.63. The second-order valence-electron chi connectivity index (χ2n) is 15.5. The maximum absolute atomic E-state index is 17.2. The molecule has 0 radical (unpaired) electrons. The second kappa shape index (κ2) is 12.2. The SMILES string of the molecule is C#Cc1c(F)ccc2cc(O)cc(-c3nc(OC)c4c(N5CC6CC(F)(F)C(C5)N6C(=O)C(F)(F)F)nc(OCC5(CN6CC7CC7C6)CC5)nc4c3F)c12. The van der Waals surface area contributed by atoms with Crippen LogP contribution >= 0.6 is 0 Å². The number of benzene rings is 2. The molecule has 2 aromatic carbocycles. The number of anilines is 1. The van der Waals surface area contributed by atoms with Crippen molar-refractivity contribution in [3.63, 3.8) is 0 Å². The lowest BCUT2D eigenvalue weighted by molar-refractivity contribution is -0.191. The third-order valence-corrected chi connectivity index (χ3v) is 11.8. The minimum atomic E-state index is -5.39. The maximum atomic E-state index is 17.2. The number of aromatic nitrogens is 3. The fourth-order valence-corrected chi connectivity index (χ4v) is 8.86. The van der Waals surface area contributed by atoms with Crippen molar-refractivity contribution in [3.05, 3.63) is 41.5 Å². The van der Waals surface area contributed by atoms with Crippen LogP contribution in [0.5, 0.6) is 17.6 Å². The predicted molar refractivity (Wildman–Crippen MR) is 184 cm³/mol. The molecule has 5 aliphatic rings. The first kappa shape index (κ1) is 35.6. The van der Waals surface area contributed by atoms with Crippen LogP contribution in [0.2, 0.25) is 0 Å². The number of alkyl halides is 5. The average Bonchev–Trinajstić information content (AvgIpc) is 4.03. The van der Waals surface area contributed by atoms with Gasteiger partial charge in [0, 0.05) is 55.5 Å². The van der Waals surface area contributed by atoms with E-state index in [1.54, 1.807) is 0 Å². The van der Waals surface area contributed by atoms with Gasteiger partial charge in [-0.25, -0.2) is 22.5 Å². The van der Waals surface area contributed by atoms with Crippen LogP contribution in [-0.4, -0.2) is 106 Å². The number of phenolic OH excluding ortho intramolecular Hbond substituents is 1. The summed E-state index contributed by atoms with van der Waals surface area (Å²) in [5.74, 6) is -5.10. The fraction of sp³-hybridized carbons (Fsp3) is 0.474. The van der Waals surface area contributed by atoms with Gasteiger partial charge in [0.05, 0.1) is 25.3 Å². The Morgan fingerprint density at radius 2 is 1.80 bits per heavy atom. The summed E-state index contributed by atoms with van der Waals surface area (Å²) in [6.07, 6.45) is 2.21. The van der Waals surface area contributed by atoms with E-state index in [2.05, 4.69) is 25.8 Å². The monoisotopic (exact) mass is 770 g/mol. The Balaban J connectivity index is 1.18. The number of phenols is 1. The molecule has 3 aliphatic heterocycles. The average molecular weight is 771 g/mol. The molecule has 1 amide bonds. The number of pyridine rings is 1. The van der Waals surface area contributed by atoms with Gasteiger partial charge in [-0.1, -0.05) is 12.0 Å². The van der Waals surface area contributed by atoms with Gasteiger partial charge >= 0.3 is 18.1 Å². The van der Waals surface area contributed by atoms with Crippen LogP contribution in [0.15, 0.2) is 24.3 Å². The van der Waals surface area contributed by atoms with Crippen LogP contribution in [0.25, 0.3) is 32.9 Å². The normalized spacial score (nSPS) is 24.9. The molecule has 3 saturated heterocycles. The number of nitrogens with zero attached hydrogens (tertiary/aromatic N) is 6. The van der Waals surface area contributed by atoms with E-state index in [1.807, 2.05) is 0 Å². The highest BCUT2D eigenvalue weighted by molar-refractivity contribution is 6.04. The van der Waals surface area contributed by atoms with E-state index in [0.29, 0.717) is 0 Å². The van der Waals surface area contributed by atoms with Gasteiger partial charge in [0.2, 0.25) is 5.88 Å². The molecular formula is C38H33F7N6O4. The van der Waals surface area contributed by atoms with Crippen molar-refractivity contribution >= 4 is 33.4 Å². The Kier molecular flexibility index (Phi) is 7.89. The van der Waals surface area contributed by atoms with Crippen LogP contribution in [-0.2, 0) is 4.79 Å². The largest absolute Gasteiger partial charge is 0.508 e. The lowest BCUT2D eigenvalue weighted by Crippen LogP contribution is -2.61. The quantitative estimate of drug-likeness (QED) is 0.173. The van der Waals surface area contributed by atoms with Gasteiger partial charge in [-0.3, -0.25) is 4.79 Å². The molecule has 17 heteroatoms. The van der Waals surface area contributed by atoms with Crippen molar-refractivity contribution in [3.8, 4) is 41.2 Å². The number of ether oxygens (including phenoxy) is 2. The van der Waals surface area contributed by atoms with Gasteiger partial charge in [0.1, 0.15) is 40.0 Å². The van der Waals surface area contributed by atoms with E-state index in [1.165, 1.54) is 30.6 Å². The third kappa shape index (κ3) is 5.91. The van der Waals surface area contributed by atoms with Gasteiger partial charge < -0.3 is 29.3 Å². The summed E-state index contributed by atoms with van der Waals surface area (Å²) >= 11 is 0. The zero-order valence-corrected chi connectivity index (χ0v) is 29.3. The zero-order chi connectivity index (χ0) is 38.8. The molecule has 4 atom stereocenters. The van der Waals surface area contributed by atoms with E-state index in [9.17, 15) is 27.5 Å². The summed E-state index contributed by atoms with van der Waals surface area (Å²) in [6.45, 7) is 1.63. The standard InChI is InChI=1S/C38H33F7N6O4/c1-3-23-25(39)5-4-18-9-22(52)10-24(27(18)23)30-29(40)31-28(33(46-30)54-2)32(50-14-21-11-37(41,42)26(15-50)51(21)34(53)38(43,44)45)48-35(47-31)55-17-36(6-7-36)16-49-12-19-8-20(19)13-49/h1,4-5,9-10,19-21,26,52H,6-8,11-17H2,2H3. The second-order valence-corrected chi connectivity index (χ2v) is 15.5. The number of halogens is 7. The number of aromatic hydroxyl groups is 1. The molecule has 288 valence electrons. The first-order valence-electron chi connectivity index (χ1n) is 17.8. The third-order valence-electron chi connectivity index (χ3n) is 11.8. The van der Waals surface area contributed by atoms with Crippen molar-refractivity contribution in [2.24, 2.45) is 17.3 Å². The number of carbonyl (C=O) groups is 1. The molecule has 9 rings (SSSR count). The zero-order valence-electron chi connectivity index (χ0n) is 29.3. The number of piperidine rings is 1. The number of fused-ring (bicyclic) bond motifs is 5. The van der Waals surface area contributed by atoms with Gasteiger partial charge in [-0.15, -0.1) is 6.42 Å². The topological polar surface area (TPSA) is 104 Å². The summed E-state index contributed by atoms with van der Waals surface area (Å²) in [4.78, 5) is 29.5. The van der Waals surface area contributed by atoms with Crippen LogP contribution in [0.3, 0.4) is 0 Å². The number of carbonyl (C=O) groups excluding carboxylic acids is 1. The van der Waals surface area contributed by atoms with Crippen LogP contribution < -0.4 is 14.4 Å². The molecule has 2 aromatic heterocycles. The van der Waals surface area contributed by atoms with E-state index >= 15 is 13.2 Å². The van der Waals surface area contributed by atoms with E-state index in [4.69, 9.17) is 15.9 Å². The van der Waals surface area contributed by atoms with Gasteiger partial charge in [0.15, 0.2) is 5.82 Å². The van der Waals surface area contributed by atoms with E-state index in [0.717, 1.165) is 56.4 Å². The highest BCUT2D eigenvalue weighted by atomic mass is 19.4. The molecular weight excluding hydrogens is 737 g/mol. The molecule has 2 aliphatic carbocycles. The maximum Gasteiger partial charge on any atom is 0.471 e. The summed E-state index contributed by atoms with van der Waals surface area (Å²) in [5.41, 5.74) is -1.46. The van der Waals surface area contributed by atoms with Crippen molar-refractivity contribution < 1.29 is 50.1 Å². The molecule has 0 spiro atoms. The number of hydrogen-bond donors (Lipinski definition) is 1. The van der Waals surface area contributed by atoms with Gasteiger partial charge in [0.25, 0.3) is 5.92 Å². The number of methoxy groups -OCH3 is 1. The number of likely N-dealkylation sites (tertiary alicyclic amines) is 1. The number of hydrogen-bond acceptors (Lipinski definition) is 9. The Morgan fingerprint density at radius 3 is 2.45 bits per heavy atom. The number of terminal acetylenes is 1. The molecule has 55 heavy (non-hydrogen) atoms. The number of rotatable bonds is 8. The van der Waals surface area contributed by atoms with E-state index in [-0.39, 0.29) is 67.7 Å². The molecule has 5 fully saturated rings. The first-order chi connectivity index (χ1) is 26.1. The minimum absolute atomic E-state index is 0.0540. The van der Waals surface area contributed by atoms with Crippen molar-refractivity contribution in [1.82, 2.24) is 24.8 Å². The Labute approximate surface area is 309 Å². The summed E-state index contributed by atoms with van der Waals surface area (Å²) in [5, 5.41) is 10.7. The van der Waals surface area contributed by atoms with Gasteiger partial charge in [-0.05, 0) is 54.7 Å². The predicted octanol–water partition coefficient (Wildman–Crippen LogP) is 5.92. The molecule has 5 heterocycles. The van der Waals surface area contributed by atoms with Crippen LogP contribution in [0, 0.1) is 41.2 Å². The first-order valence-corrected chi connectivity index (χ1v) is 17.8. The van der Waals surface area contributed by atoms with Crippen LogP contribution in [0.4, 0.5) is 36.6 Å². The van der Waals surface area contributed by atoms with E-state index < -0.39 is 72.4 Å². The van der Waals surface area contributed by atoms with Crippen molar-refractivity contribution in [2.45, 2.75) is 49.9 Å². The number of piperazine rings is 1. The summed E-state index contributed by atoms with van der Waals surface area (Å²) in [6, 6.07) is 0.825. The smallest absolute Gasteiger partial charge is 0.471 e. The Bertz CT molecular complexity index is 2320. The van der Waals surface area contributed by atoms with Crippen molar-refractivity contribution in [2.75, 3.05) is 51.3 Å². The Hall–Kier alpha value is -5.11. The molecule has 2 bridgehead atoms. The number of amides is 1. The Morgan fingerprint density at radius 1 is 1.05 bits per heavy atom. The molecule has 4 aromatic rings. The summed E-state index contributed by atoms with van der Waals surface area (Å²) in [7, 11) is 1.20. The minimum Gasteiger partial charge on any atom is -0.508 e. The van der Waals surface area contributed by atoms with Crippen LogP contribution in [0.1, 0.15) is 31.2 Å². The molecule has 1 N–H and O–H groups in total. The van der Waals surface area contributed by atoms with Gasteiger partial charge in [-0.2, -0.15) is 23.1 Å². The highest BCUT2D eigenvalue weighted by Crippen LogP contribution is 2.52. The lowest BCUT2D eigenvalue weighted by atomic mass is 9.95. The molecule has 10 nitrogen and oxygen atoms in total. The molecule has 4 unspecified atom stereocenters. The summed E-state index contributed by atoms with van der Waals surface area (Å²) < 4.78 is 115. The lowest BCUT2D eigenvalue weighted by Gasteiger charge is -2.41.